The Balaban J connectivity index is 3.28. The average Bonchev–Trinajstić information content (AvgIpc) is 2.21. The Morgan fingerprint density at radius 1 is 1.29 bits per heavy atom. The quantitative estimate of drug-likeness (QED) is 0.585. The summed E-state index contributed by atoms with van der Waals surface area (Å²) in [5, 5.41) is 6.06. The van der Waals surface area contributed by atoms with Gasteiger partial charge < -0.3 is 10.6 Å². The fourth-order valence-electron chi connectivity index (χ4n) is 1.08. The van der Waals surface area contributed by atoms with Crippen molar-refractivity contribution >= 4 is 5.91 Å². The molecular formula is C11H24N2O. The summed E-state index contributed by atoms with van der Waals surface area (Å²) in [5.41, 5.74) is 0. The molecule has 0 aliphatic heterocycles. The highest BCUT2D eigenvalue weighted by Gasteiger charge is 2.02. The van der Waals surface area contributed by atoms with Crippen molar-refractivity contribution in [3.8, 4) is 0 Å². The van der Waals surface area contributed by atoms with E-state index in [-0.39, 0.29) is 5.91 Å². The number of amides is 1. The van der Waals surface area contributed by atoms with Gasteiger partial charge in [-0.15, -0.1) is 0 Å². The number of nitrogens with one attached hydrogen (secondary N) is 2. The third kappa shape index (κ3) is 8.05. The van der Waals surface area contributed by atoms with Crippen molar-refractivity contribution in [3.63, 3.8) is 0 Å². The summed E-state index contributed by atoms with van der Waals surface area (Å²) in [6, 6.07) is 0.427. The lowest BCUT2D eigenvalue weighted by Crippen LogP contribution is -2.38. The number of hydrogen-bond acceptors (Lipinski definition) is 2. The summed E-state index contributed by atoms with van der Waals surface area (Å²) < 4.78 is 0. The molecule has 0 aromatic heterocycles. The maximum absolute atomic E-state index is 11.3. The zero-order chi connectivity index (χ0) is 10.8. The van der Waals surface area contributed by atoms with Crippen LogP contribution in [-0.2, 0) is 4.79 Å². The first-order chi connectivity index (χ1) is 6.70. The predicted octanol–water partition coefficient (Wildman–Crippen LogP) is 1.68. The monoisotopic (exact) mass is 200 g/mol. The first-order valence-electron chi connectivity index (χ1n) is 5.70. The molecule has 0 fully saturated rings. The van der Waals surface area contributed by atoms with Gasteiger partial charge >= 0.3 is 0 Å². The van der Waals surface area contributed by atoms with Crippen LogP contribution in [0.4, 0.5) is 0 Å². The van der Waals surface area contributed by atoms with Gasteiger partial charge in [-0.2, -0.15) is 0 Å². The molecule has 3 nitrogen and oxygen atoms in total. The van der Waals surface area contributed by atoms with Crippen LogP contribution in [0.3, 0.4) is 0 Å². The summed E-state index contributed by atoms with van der Waals surface area (Å²) in [5.74, 6) is 0.112. The normalized spacial score (nSPS) is 12.5. The molecule has 0 aromatic rings. The minimum absolute atomic E-state index is 0.112. The smallest absolute Gasteiger partial charge is 0.233 e. The largest absolute Gasteiger partial charge is 0.355 e. The lowest BCUT2D eigenvalue weighted by Gasteiger charge is -2.10. The van der Waals surface area contributed by atoms with Crippen LogP contribution < -0.4 is 10.6 Å². The van der Waals surface area contributed by atoms with Crippen molar-refractivity contribution in [2.24, 2.45) is 0 Å². The molecule has 0 saturated heterocycles. The summed E-state index contributed by atoms with van der Waals surface area (Å²) >= 11 is 0. The minimum Gasteiger partial charge on any atom is -0.355 e. The Morgan fingerprint density at radius 2 is 2.00 bits per heavy atom. The SMILES string of the molecule is CCCCCNC(=O)CNC(C)CC. The molecule has 1 amide bonds. The Bertz CT molecular complexity index is 148. The second kappa shape index (κ2) is 9.00. The second-order valence-corrected chi connectivity index (χ2v) is 3.75. The summed E-state index contributed by atoms with van der Waals surface area (Å²) in [4.78, 5) is 11.3. The Labute approximate surface area is 87.6 Å². The number of hydrogen-bond donors (Lipinski definition) is 2. The van der Waals surface area contributed by atoms with E-state index in [1.165, 1.54) is 12.8 Å². The van der Waals surface area contributed by atoms with E-state index in [0.29, 0.717) is 12.6 Å². The molecule has 0 aromatic carbocycles. The molecule has 0 heterocycles. The highest BCUT2D eigenvalue weighted by atomic mass is 16.1. The van der Waals surface area contributed by atoms with Crippen molar-refractivity contribution in [1.29, 1.82) is 0 Å². The lowest BCUT2D eigenvalue weighted by molar-refractivity contribution is -0.120. The Morgan fingerprint density at radius 3 is 2.57 bits per heavy atom. The van der Waals surface area contributed by atoms with Gasteiger partial charge in [-0.3, -0.25) is 4.79 Å². The van der Waals surface area contributed by atoms with Crippen molar-refractivity contribution in [3.05, 3.63) is 0 Å². The van der Waals surface area contributed by atoms with Gasteiger partial charge in [-0.25, -0.2) is 0 Å². The van der Waals surface area contributed by atoms with Crippen molar-refractivity contribution < 1.29 is 4.79 Å². The van der Waals surface area contributed by atoms with Gasteiger partial charge in [0.25, 0.3) is 0 Å². The first-order valence-corrected chi connectivity index (χ1v) is 5.70. The van der Waals surface area contributed by atoms with E-state index < -0.39 is 0 Å². The van der Waals surface area contributed by atoms with Gasteiger partial charge in [0.15, 0.2) is 0 Å². The summed E-state index contributed by atoms with van der Waals surface area (Å²) in [6.07, 6.45) is 4.54. The molecule has 2 N–H and O–H groups in total. The minimum atomic E-state index is 0.112. The molecule has 0 aliphatic rings. The molecule has 0 saturated carbocycles. The third-order valence-corrected chi connectivity index (χ3v) is 2.33. The van der Waals surface area contributed by atoms with E-state index in [1.54, 1.807) is 0 Å². The molecule has 0 spiro atoms. The van der Waals surface area contributed by atoms with Gasteiger partial charge in [0.05, 0.1) is 6.54 Å². The van der Waals surface area contributed by atoms with Gasteiger partial charge in [0.1, 0.15) is 0 Å². The van der Waals surface area contributed by atoms with Gasteiger partial charge in [0, 0.05) is 12.6 Å². The molecule has 1 atom stereocenters. The molecule has 0 radical (unpaired) electrons. The Hall–Kier alpha value is -0.570. The number of carbonyl (C=O) groups excluding carboxylic acids is 1. The molecule has 0 aliphatic carbocycles. The zero-order valence-corrected chi connectivity index (χ0v) is 9.73. The fourth-order valence-corrected chi connectivity index (χ4v) is 1.08. The molecular weight excluding hydrogens is 176 g/mol. The van der Waals surface area contributed by atoms with Crippen LogP contribution in [0.2, 0.25) is 0 Å². The summed E-state index contributed by atoms with van der Waals surface area (Å²) in [6.45, 7) is 7.61. The van der Waals surface area contributed by atoms with Crippen LogP contribution in [0.1, 0.15) is 46.5 Å². The number of rotatable bonds is 8. The van der Waals surface area contributed by atoms with Gasteiger partial charge in [-0.05, 0) is 19.8 Å². The standard InChI is InChI=1S/C11H24N2O/c1-4-6-7-8-12-11(14)9-13-10(3)5-2/h10,13H,4-9H2,1-3H3,(H,12,14). The van der Waals surface area contributed by atoms with E-state index >= 15 is 0 Å². The zero-order valence-electron chi connectivity index (χ0n) is 9.73. The number of unbranched alkanes of at least 4 members (excludes halogenated alkanes) is 2. The van der Waals surface area contributed by atoms with E-state index in [4.69, 9.17) is 0 Å². The second-order valence-electron chi connectivity index (χ2n) is 3.75. The van der Waals surface area contributed by atoms with Crippen molar-refractivity contribution in [2.75, 3.05) is 13.1 Å². The highest BCUT2D eigenvalue weighted by molar-refractivity contribution is 5.77. The van der Waals surface area contributed by atoms with E-state index in [0.717, 1.165) is 19.4 Å². The Kier molecular flexibility index (Phi) is 8.64. The third-order valence-electron chi connectivity index (χ3n) is 2.33. The predicted molar refractivity (Wildman–Crippen MR) is 60.3 cm³/mol. The fraction of sp³-hybridized carbons (Fsp3) is 0.909. The molecule has 3 heteroatoms. The molecule has 0 rings (SSSR count). The van der Waals surface area contributed by atoms with Gasteiger partial charge in [-0.1, -0.05) is 26.7 Å². The molecule has 84 valence electrons. The van der Waals surface area contributed by atoms with E-state index in [1.807, 2.05) is 0 Å². The van der Waals surface area contributed by atoms with Crippen LogP contribution in [0.15, 0.2) is 0 Å². The van der Waals surface area contributed by atoms with E-state index in [9.17, 15) is 4.79 Å². The van der Waals surface area contributed by atoms with Gasteiger partial charge in [0.2, 0.25) is 5.91 Å². The molecule has 1 unspecified atom stereocenters. The molecule has 0 bridgehead atoms. The highest BCUT2D eigenvalue weighted by Crippen LogP contribution is 1.91. The van der Waals surface area contributed by atoms with Crippen LogP contribution in [-0.4, -0.2) is 25.0 Å². The van der Waals surface area contributed by atoms with E-state index in [2.05, 4.69) is 31.4 Å². The molecule has 14 heavy (non-hydrogen) atoms. The van der Waals surface area contributed by atoms with Crippen molar-refractivity contribution in [1.82, 2.24) is 10.6 Å². The lowest BCUT2D eigenvalue weighted by atomic mass is 10.2. The maximum atomic E-state index is 11.3. The summed E-state index contributed by atoms with van der Waals surface area (Å²) in [7, 11) is 0. The number of carbonyl (C=O) groups is 1. The maximum Gasteiger partial charge on any atom is 0.233 e. The van der Waals surface area contributed by atoms with Crippen LogP contribution in [0, 0.1) is 0 Å². The van der Waals surface area contributed by atoms with Crippen molar-refractivity contribution in [2.45, 2.75) is 52.5 Å². The average molecular weight is 200 g/mol. The van der Waals surface area contributed by atoms with Crippen LogP contribution in [0.25, 0.3) is 0 Å². The van der Waals surface area contributed by atoms with Crippen LogP contribution >= 0.6 is 0 Å². The van der Waals surface area contributed by atoms with Crippen LogP contribution in [0.5, 0.6) is 0 Å². The first kappa shape index (κ1) is 13.4. The topological polar surface area (TPSA) is 41.1 Å².